The molecule has 7 nitrogen and oxygen atoms in total. The summed E-state index contributed by atoms with van der Waals surface area (Å²) >= 11 is 1.31. The monoisotopic (exact) mass is 391 g/mol. The molecule has 1 amide bonds. The number of oxime groups is 1. The van der Waals surface area contributed by atoms with Crippen LogP contribution in [0.25, 0.3) is 10.9 Å². The van der Waals surface area contributed by atoms with Gasteiger partial charge in [-0.1, -0.05) is 5.16 Å². The highest BCUT2D eigenvalue weighted by molar-refractivity contribution is 7.99. The molecule has 0 spiro atoms. The molecular weight excluding hydrogens is 366 g/mol. The van der Waals surface area contributed by atoms with Crippen molar-refractivity contribution in [1.82, 2.24) is 10.3 Å². The number of methoxy groups -OCH3 is 1. The smallest absolute Gasteiger partial charge is 0.272 e. The Morgan fingerprint density at radius 2 is 2.00 bits per heavy atom. The number of nitrogens with one attached hydrogen (secondary N) is 1. The van der Waals surface area contributed by atoms with Crippen molar-refractivity contribution in [2.45, 2.75) is 31.7 Å². The van der Waals surface area contributed by atoms with E-state index in [0.717, 1.165) is 16.5 Å². The number of fused-ring (bicyclic) bond motifs is 1. The number of amides is 1. The molecule has 1 heterocycles. The summed E-state index contributed by atoms with van der Waals surface area (Å²) in [4.78, 5) is 21.7. The predicted molar refractivity (Wildman–Crippen MR) is 109 cm³/mol. The number of carbonyl (C=O) groups excluding carboxylic acids is 1. The number of aromatic nitrogens is 1. The number of hydrogen-bond acceptors (Lipinski definition) is 7. The number of pyridine rings is 1. The van der Waals surface area contributed by atoms with Gasteiger partial charge in [-0.3, -0.25) is 9.78 Å². The van der Waals surface area contributed by atoms with Crippen LogP contribution in [0.1, 0.15) is 19.4 Å². The van der Waals surface area contributed by atoms with E-state index in [-0.39, 0.29) is 5.91 Å². The Morgan fingerprint density at radius 3 is 2.63 bits per heavy atom. The molecule has 1 aromatic carbocycles. The third-order valence-electron chi connectivity index (χ3n) is 3.76. The minimum atomic E-state index is -0.712. The maximum Gasteiger partial charge on any atom is 0.272 e. The molecule has 1 N–H and O–H groups in total. The summed E-state index contributed by atoms with van der Waals surface area (Å²) < 4.78 is 11.2. The fourth-order valence-corrected chi connectivity index (χ4v) is 2.96. The quantitative estimate of drug-likeness (QED) is 0.423. The molecule has 0 aliphatic heterocycles. The lowest BCUT2D eigenvalue weighted by Crippen LogP contribution is -2.49. The lowest BCUT2D eigenvalue weighted by molar-refractivity contribution is -0.125. The SMILES string of the molecule is CON=CC(C)(C)NC(=O)C(Oc1cc(C)c2ncc(OC)cc2c1)SC. The van der Waals surface area contributed by atoms with Crippen molar-refractivity contribution in [2.24, 2.45) is 5.16 Å². The lowest BCUT2D eigenvalue weighted by Gasteiger charge is -2.24. The Balaban J connectivity index is 2.22. The Morgan fingerprint density at radius 1 is 1.30 bits per heavy atom. The molecule has 2 aromatic rings. The van der Waals surface area contributed by atoms with Gasteiger partial charge >= 0.3 is 0 Å². The van der Waals surface area contributed by atoms with E-state index in [9.17, 15) is 4.79 Å². The number of benzene rings is 1. The van der Waals surface area contributed by atoms with Gasteiger partial charge in [0.2, 0.25) is 5.44 Å². The highest BCUT2D eigenvalue weighted by Gasteiger charge is 2.26. The summed E-state index contributed by atoms with van der Waals surface area (Å²) in [6, 6.07) is 5.61. The Labute approximate surface area is 163 Å². The minimum absolute atomic E-state index is 0.253. The zero-order chi connectivity index (χ0) is 20.0. The van der Waals surface area contributed by atoms with Crippen LogP contribution in [0, 0.1) is 6.92 Å². The van der Waals surface area contributed by atoms with Crippen molar-refractivity contribution < 1.29 is 19.1 Å². The van der Waals surface area contributed by atoms with Gasteiger partial charge in [0.25, 0.3) is 5.91 Å². The average molecular weight is 391 g/mol. The molecule has 0 saturated carbocycles. The topological polar surface area (TPSA) is 82.0 Å². The van der Waals surface area contributed by atoms with Gasteiger partial charge in [-0.2, -0.15) is 0 Å². The van der Waals surface area contributed by atoms with Crippen LogP contribution in [0.15, 0.2) is 29.6 Å². The molecule has 8 heteroatoms. The molecule has 1 atom stereocenters. The molecule has 0 fully saturated rings. The number of ether oxygens (including phenoxy) is 2. The van der Waals surface area contributed by atoms with E-state index in [2.05, 4.69) is 20.3 Å². The first-order valence-corrected chi connectivity index (χ1v) is 9.62. The van der Waals surface area contributed by atoms with Crippen molar-refractivity contribution in [3.8, 4) is 11.5 Å². The summed E-state index contributed by atoms with van der Waals surface area (Å²) in [6.07, 6.45) is 5.02. The van der Waals surface area contributed by atoms with Crippen LogP contribution < -0.4 is 14.8 Å². The van der Waals surface area contributed by atoms with Gasteiger partial charge in [0.15, 0.2) is 0 Å². The number of nitrogens with zero attached hydrogens (tertiary/aromatic N) is 2. The Bertz CT molecular complexity index is 839. The third kappa shape index (κ3) is 5.50. The summed E-state index contributed by atoms with van der Waals surface area (Å²) in [5.41, 5.74) is 0.444. The van der Waals surface area contributed by atoms with Gasteiger partial charge in [-0.15, -0.1) is 11.8 Å². The van der Waals surface area contributed by atoms with E-state index in [1.54, 1.807) is 13.3 Å². The second-order valence-electron chi connectivity index (χ2n) is 6.50. The molecule has 0 radical (unpaired) electrons. The first-order valence-electron chi connectivity index (χ1n) is 8.33. The molecule has 2 rings (SSSR count). The average Bonchev–Trinajstić information content (AvgIpc) is 2.63. The highest BCUT2D eigenvalue weighted by Crippen LogP contribution is 2.28. The van der Waals surface area contributed by atoms with Gasteiger partial charge in [-0.05, 0) is 50.8 Å². The lowest BCUT2D eigenvalue weighted by atomic mass is 10.1. The largest absolute Gasteiger partial charge is 0.495 e. The van der Waals surface area contributed by atoms with E-state index in [1.165, 1.54) is 25.1 Å². The zero-order valence-corrected chi connectivity index (χ0v) is 17.2. The Kier molecular flexibility index (Phi) is 6.90. The van der Waals surface area contributed by atoms with Crippen LogP contribution >= 0.6 is 11.8 Å². The molecule has 0 saturated heterocycles. The molecule has 146 valence electrons. The summed E-state index contributed by atoms with van der Waals surface area (Å²) in [5, 5.41) is 7.49. The van der Waals surface area contributed by atoms with Crippen molar-refractivity contribution in [2.75, 3.05) is 20.5 Å². The highest BCUT2D eigenvalue weighted by atomic mass is 32.2. The van der Waals surface area contributed by atoms with Crippen molar-refractivity contribution in [3.05, 3.63) is 30.0 Å². The Hall–Kier alpha value is -2.48. The van der Waals surface area contributed by atoms with Crippen molar-refractivity contribution in [1.29, 1.82) is 0 Å². The van der Waals surface area contributed by atoms with E-state index in [4.69, 9.17) is 9.47 Å². The van der Waals surface area contributed by atoms with Crippen molar-refractivity contribution in [3.63, 3.8) is 0 Å². The fourth-order valence-electron chi connectivity index (χ4n) is 2.48. The molecule has 0 aliphatic carbocycles. The number of thioether (sulfide) groups is 1. The molecule has 0 bridgehead atoms. The van der Waals surface area contributed by atoms with E-state index in [1.807, 2.05) is 45.2 Å². The zero-order valence-electron chi connectivity index (χ0n) is 16.4. The van der Waals surface area contributed by atoms with Crippen LogP contribution in [-0.4, -0.2) is 48.6 Å². The molecule has 0 aliphatic rings. The van der Waals surface area contributed by atoms with E-state index < -0.39 is 11.0 Å². The molecule has 1 unspecified atom stereocenters. The van der Waals surface area contributed by atoms with E-state index in [0.29, 0.717) is 11.5 Å². The van der Waals surface area contributed by atoms with Crippen LogP contribution in [-0.2, 0) is 9.63 Å². The maximum atomic E-state index is 12.6. The number of rotatable bonds is 8. The predicted octanol–water partition coefficient (Wildman–Crippen LogP) is 3.15. The summed E-state index contributed by atoms with van der Waals surface area (Å²) in [6.45, 7) is 5.60. The van der Waals surface area contributed by atoms with Gasteiger partial charge in [0.1, 0.15) is 18.6 Å². The summed E-state index contributed by atoms with van der Waals surface area (Å²) in [7, 11) is 3.05. The minimum Gasteiger partial charge on any atom is -0.495 e. The first-order chi connectivity index (χ1) is 12.8. The van der Waals surface area contributed by atoms with Gasteiger partial charge in [0, 0.05) is 5.39 Å². The second kappa shape index (κ2) is 8.94. The van der Waals surface area contributed by atoms with E-state index >= 15 is 0 Å². The van der Waals surface area contributed by atoms with Crippen molar-refractivity contribution >= 4 is 34.8 Å². The normalized spacial score (nSPS) is 12.8. The van der Waals surface area contributed by atoms with Crippen LogP contribution in [0.5, 0.6) is 11.5 Å². The maximum absolute atomic E-state index is 12.6. The second-order valence-corrected chi connectivity index (χ2v) is 7.40. The molecular formula is C19H25N3O4S. The van der Waals surface area contributed by atoms with Gasteiger partial charge in [0.05, 0.1) is 30.6 Å². The number of hydrogen-bond donors (Lipinski definition) is 1. The first kappa shape index (κ1) is 20.8. The van der Waals surface area contributed by atoms with Crippen LogP contribution in [0.2, 0.25) is 0 Å². The molecule has 1 aromatic heterocycles. The summed E-state index contributed by atoms with van der Waals surface area (Å²) in [5.74, 6) is 1.00. The third-order valence-corrected chi connectivity index (χ3v) is 4.49. The number of carbonyl (C=O) groups is 1. The van der Waals surface area contributed by atoms with Crippen LogP contribution in [0.3, 0.4) is 0 Å². The standard InChI is InChI=1S/C19H25N3O4S/c1-12-7-14(8-13-9-15(24-4)10-20-16(12)13)26-18(27-6)17(23)22-19(2,3)11-21-25-5/h7-11,18H,1-6H3,(H,22,23). The molecule has 27 heavy (non-hydrogen) atoms. The van der Waals surface area contributed by atoms with Crippen LogP contribution in [0.4, 0.5) is 0 Å². The van der Waals surface area contributed by atoms with Gasteiger partial charge in [-0.25, -0.2) is 0 Å². The number of aryl methyl sites for hydroxylation is 1. The fraction of sp³-hybridized carbons (Fsp3) is 0.421. The van der Waals surface area contributed by atoms with Gasteiger partial charge < -0.3 is 19.6 Å².